The van der Waals surface area contributed by atoms with Crippen LogP contribution in [0.4, 0.5) is 15.8 Å². The van der Waals surface area contributed by atoms with E-state index in [0.717, 1.165) is 0 Å². The van der Waals surface area contributed by atoms with E-state index in [4.69, 9.17) is 14.3 Å². The fourth-order valence-electron chi connectivity index (χ4n) is 2.87. The number of anilines is 1. The number of oxime groups is 1. The minimum absolute atomic E-state index is 0.0267. The first-order valence-corrected chi connectivity index (χ1v) is 11.2. The number of nitrogens with zero attached hydrogens (tertiary/aromatic N) is 2. The molecule has 9 nitrogen and oxygen atoms in total. The molecule has 3 rings (SSSR count). The van der Waals surface area contributed by atoms with Crippen molar-refractivity contribution in [1.29, 1.82) is 0 Å². The van der Waals surface area contributed by atoms with Gasteiger partial charge in [-0.1, -0.05) is 17.3 Å². The Balaban J connectivity index is 1.62. The maximum atomic E-state index is 13.0. The van der Waals surface area contributed by atoms with Gasteiger partial charge in [-0.25, -0.2) is 4.39 Å². The van der Waals surface area contributed by atoms with Crippen molar-refractivity contribution < 1.29 is 28.4 Å². The van der Waals surface area contributed by atoms with Crippen LogP contribution in [0, 0.1) is 15.9 Å². The van der Waals surface area contributed by atoms with E-state index < -0.39 is 16.6 Å². The molecule has 3 aromatic carbocycles. The molecule has 1 amide bonds. The first-order chi connectivity index (χ1) is 16.9. The van der Waals surface area contributed by atoms with Crippen molar-refractivity contribution in [2.75, 3.05) is 18.5 Å². The number of amides is 1. The van der Waals surface area contributed by atoms with Gasteiger partial charge in [0.05, 0.1) is 17.7 Å². The van der Waals surface area contributed by atoms with Crippen molar-refractivity contribution in [2.24, 2.45) is 5.16 Å². The van der Waals surface area contributed by atoms with Crippen molar-refractivity contribution >= 4 is 39.4 Å². The average molecular weight is 546 g/mol. The lowest BCUT2D eigenvalue weighted by molar-refractivity contribution is -0.384. The fraction of sp³-hybridized carbons (Fsp3) is 0.167. The minimum atomic E-state index is -0.477. The van der Waals surface area contributed by atoms with Gasteiger partial charge in [-0.2, -0.15) is 0 Å². The number of carbonyl (C=O) groups excluding carboxylic acids is 1. The zero-order valence-corrected chi connectivity index (χ0v) is 20.2. The normalized spacial score (nSPS) is 10.7. The molecule has 0 spiro atoms. The van der Waals surface area contributed by atoms with E-state index in [1.54, 1.807) is 24.3 Å². The predicted molar refractivity (Wildman–Crippen MR) is 131 cm³/mol. The van der Waals surface area contributed by atoms with Crippen LogP contribution in [0.15, 0.2) is 70.3 Å². The molecule has 0 aliphatic carbocycles. The molecule has 0 heterocycles. The number of halogens is 2. The molecule has 1 N–H and O–H groups in total. The summed E-state index contributed by atoms with van der Waals surface area (Å²) in [6, 6.07) is 14.8. The van der Waals surface area contributed by atoms with Gasteiger partial charge >= 0.3 is 0 Å². The van der Waals surface area contributed by atoms with E-state index in [1.807, 2.05) is 6.92 Å². The number of nitro groups is 1. The maximum Gasteiger partial charge on any atom is 0.269 e. The van der Waals surface area contributed by atoms with Gasteiger partial charge in [-0.05, 0) is 64.8 Å². The molecule has 0 atom stereocenters. The molecule has 35 heavy (non-hydrogen) atoms. The summed E-state index contributed by atoms with van der Waals surface area (Å²) >= 11 is 3.43. The summed E-state index contributed by atoms with van der Waals surface area (Å²) in [4.78, 5) is 27.8. The van der Waals surface area contributed by atoms with Crippen LogP contribution in [0.2, 0.25) is 0 Å². The molecule has 0 fully saturated rings. The molecular formula is C24H21BrFN3O6. The van der Waals surface area contributed by atoms with E-state index in [-0.39, 0.29) is 18.9 Å². The number of hydrogen-bond donors (Lipinski definition) is 1. The Bertz CT molecular complexity index is 1220. The Morgan fingerprint density at radius 3 is 2.60 bits per heavy atom. The second kappa shape index (κ2) is 12.5. The lowest BCUT2D eigenvalue weighted by Crippen LogP contribution is -2.20. The van der Waals surface area contributed by atoms with Crippen LogP contribution in [-0.4, -0.2) is 30.3 Å². The molecule has 0 radical (unpaired) electrons. The number of nitro benzene ring substituents is 1. The summed E-state index contributed by atoms with van der Waals surface area (Å²) in [5.74, 6) is -0.0908. The van der Waals surface area contributed by atoms with Gasteiger partial charge < -0.3 is 19.6 Å². The van der Waals surface area contributed by atoms with Gasteiger partial charge in [0.1, 0.15) is 12.4 Å². The predicted octanol–water partition coefficient (Wildman–Crippen LogP) is 5.46. The van der Waals surface area contributed by atoms with E-state index in [2.05, 4.69) is 26.4 Å². The molecule has 0 bridgehead atoms. The zero-order chi connectivity index (χ0) is 25.2. The van der Waals surface area contributed by atoms with Crippen LogP contribution in [0.1, 0.15) is 18.1 Å². The lowest BCUT2D eigenvalue weighted by atomic mass is 10.2. The summed E-state index contributed by atoms with van der Waals surface area (Å²) in [5.41, 5.74) is 1.65. The zero-order valence-electron chi connectivity index (χ0n) is 18.6. The smallest absolute Gasteiger partial charge is 0.269 e. The van der Waals surface area contributed by atoms with Crippen LogP contribution in [0.5, 0.6) is 11.5 Å². The van der Waals surface area contributed by atoms with Gasteiger partial charge in [0.25, 0.3) is 11.6 Å². The summed E-state index contributed by atoms with van der Waals surface area (Å²) < 4.78 is 24.9. The number of non-ortho nitro benzene ring substituents is 1. The molecule has 0 aromatic heterocycles. The Kier molecular flexibility index (Phi) is 9.13. The molecule has 0 aliphatic heterocycles. The molecule has 0 saturated heterocycles. The third-order valence-corrected chi connectivity index (χ3v) is 5.16. The topological polar surface area (TPSA) is 112 Å². The van der Waals surface area contributed by atoms with E-state index in [1.165, 1.54) is 42.6 Å². The van der Waals surface area contributed by atoms with Crippen molar-refractivity contribution in [3.05, 3.63) is 92.2 Å². The third kappa shape index (κ3) is 7.78. The van der Waals surface area contributed by atoms with Crippen molar-refractivity contribution in [1.82, 2.24) is 0 Å². The van der Waals surface area contributed by atoms with Gasteiger partial charge in [0.15, 0.2) is 18.1 Å². The molecule has 182 valence electrons. The SMILES string of the molecule is CCOc1cc(/C=N\OCc2cccc([N+](=O)[O-])c2)c(Br)cc1OCC(=O)Nc1ccc(F)cc1. The Morgan fingerprint density at radius 2 is 1.89 bits per heavy atom. The molecule has 3 aromatic rings. The fourth-order valence-corrected chi connectivity index (χ4v) is 3.29. The first kappa shape index (κ1) is 25.6. The molecule has 0 unspecified atom stereocenters. The number of nitrogens with one attached hydrogen (secondary N) is 1. The molecular weight excluding hydrogens is 525 g/mol. The number of ether oxygens (including phenoxy) is 2. The summed E-state index contributed by atoms with van der Waals surface area (Å²) in [6.45, 7) is 1.94. The maximum absolute atomic E-state index is 13.0. The minimum Gasteiger partial charge on any atom is -0.490 e. The highest BCUT2D eigenvalue weighted by Crippen LogP contribution is 2.33. The van der Waals surface area contributed by atoms with E-state index >= 15 is 0 Å². The van der Waals surface area contributed by atoms with Crippen LogP contribution in [-0.2, 0) is 16.2 Å². The van der Waals surface area contributed by atoms with Gasteiger partial charge in [0, 0.05) is 27.9 Å². The number of carbonyl (C=O) groups is 1. The van der Waals surface area contributed by atoms with Crippen LogP contribution in [0.3, 0.4) is 0 Å². The summed E-state index contributed by atoms with van der Waals surface area (Å²) in [6.07, 6.45) is 1.45. The quantitative estimate of drug-likeness (QED) is 0.194. The Labute approximate surface area is 208 Å². The second-order valence-corrected chi connectivity index (χ2v) is 7.89. The van der Waals surface area contributed by atoms with E-state index in [9.17, 15) is 19.3 Å². The third-order valence-electron chi connectivity index (χ3n) is 4.47. The van der Waals surface area contributed by atoms with Gasteiger partial charge in [0.2, 0.25) is 0 Å². The Hall–Kier alpha value is -3.99. The van der Waals surface area contributed by atoms with Crippen LogP contribution >= 0.6 is 15.9 Å². The highest BCUT2D eigenvalue weighted by atomic mass is 79.9. The van der Waals surface area contributed by atoms with Crippen molar-refractivity contribution in [3.63, 3.8) is 0 Å². The Morgan fingerprint density at radius 1 is 1.14 bits per heavy atom. The lowest BCUT2D eigenvalue weighted by Gasteiger charge is -2.14. The van der Waals surface area contributed by atoms with Gasteiger partial charge in [-0.3, -0.25) is 14.9 Å². The molecule has 11 heteroatoms. The average Bonchev–Trinajstić information content (AvgIpc) is 2.84. The highest BCUT2D eigenvalue weighted by Gasteiger charge is 2.13. The summed E-state index contributed by atoms with van der Waals surface area (Å²) in [7, 11) is 0. The van der Waals surface area contributed by atoms with Crippen molar-refractivity contribution in [3.8, 4) is 11.5 Å². The van der Waals surface area contributed by atoms with Crippen molar-refractivity contribution in [2.45, 2.75) is 13.5 Å². The standard InChI is InChI=1S/C24H21BrFN3O6/c1-2-33-22-11-17(13-27-35-14-16-4-3-5-20(10-16)29(31)32)21(25)12-23(22)34-15-24(30)28-19-8-6-18(26)7-9-19/h3-13H,2,14-15H2,1H3,(H,28,30)/b27-13-. The highest BCUT2D eigenvalue weighted by molar-refractivity contribution is 9.10. The second-order valence-electron chi connectivity index (χ2n) is 7.03. The number of benzene rings is 3. The number of hydrogen-bond acceptors (Lipinski definition) is 7. The number of rotatable bonds is 11. The van der Waals surface area contributed by atoms with Gasteiger partial charge in [-0.15, -0.1) is 0 Å². The molecule has 0 saturated carbocycles. The summed E-state index contributed by atoms with van der Waals surface area (Å²) in [5, 5.41) is 17.4. The van der Waals surface area contributed by atoms with Crippen LogP contribution < -0.4 is 14.8 Å². The monoisotopic (exact) mass is 545 g/mol. The molecule has 0 aliphatic rings. The first-order valence-electron chi connectivity index (χ1n) is 10.4. The van der Waals surface area contributed by atoms with Crippen LogP contribution in [0.25, 0.3) is 0 Å². The largest absolute Gasteiger partial charge is 0.490 e. The van der Waals surface area contributed by atoms with E-state index in [0.29, 0.717) is 39.4 Å².